The Bertz CT molecular complexity index is 209. The molecule has 0 saturated carbocycles. The topological polar surface area (TPSA) is 60.3 Å². The molecule has 0 amide bonds. The first-order valence-electron chi connectivity index (χ1n) is 3.54. The van der Waals surface area contributed by atoms with Crippen molar-refractivity contribution >= 4 is 24.2 Å². The molecule has 0 bridgehead atoms. The molecule has 0 heterocycles. The van der Waals surface area contributed by atoms with E-state index in [0.29, 0.717) is 17.4 Å². The van der Waals surface area contributed by atoms with E-state index in [1.807, 2.05) is 6.92 Å². The monoisotopic (exact) mass is 188 g/mol. The van der Waals surface area contributed by atoms with Gasteiger partial charge in [-0.25, -0.2) is 4.99 Å². The summed E-state index contributed by atoms with van der Waals surface area (Å²) in [5.74, 6) is 0.0381. The molecule has 0 saturated heterocycles. The van der Waals surface area contributed by atoms with E-state index in [1.165, 1.54) is 0 Å². The van der Waals surface area contributed by atoms with Gasteiger partial charge in [0.15, 0.2) is 5.84 Å². The summed E-state index contributed by atoms with van der Waals surface area (Å²) in [5, 5.41) is 13.4. The van der Waals surface area contributed by atoms with Gasteiger partial charge >= 0.3 is 0 Å². The molecule has 0 atom stereocenters. The van der Waals surface area contributed by atoms with Crippen LogP contribution in [0.4, 0.5) is 0 Å². The molecule has 0 radical (unpaired) electrons. The minimum atomic E-state index is 0.0381. The molecule has 12 heavy (non-hydrogen) atoms. The Morgan fingerprint density at radius 1 is 1.67 bits per heavy atom. The van der Waals surface area contributed by atoms with Crippen molar-refractivity contribution in [1.82, 2.24) is 10.6 Å². The van der Waals surface area contributed by atoms with Gasteiger partial charge in [-0.15, -0.1) is 0 Å². The van der Waals surface area contributed by atoms with Crippen molar-refractivity contribution in [1.29, 1.82) is 5.41 Å². The molecule has 0 fully saturated rings. The summed E-state index contributed by atoms with van der Waals surface area (Å²) in [4.78, 5) is 3.46. The summed E-state index contributed by atoms with van der Waals surface area (Å²) in [5.41, 5.74) is 0.469. The predicted octanol–water partition coefficient (Wildman–Crippen LogP) is 0.901. The van der Waals surface area contributed by atoms with E-state index in [2.05, 4.69) is 22.3 Å². The maximum absolute atomic E-state index is 7.36. The quantitative estimate of drug-likeness (QED) is 0.349. The van der Waals surface area contributed by atoms with Crippen LogP contribution in [0.15, 0.2) is 15.8 Å². The van der Waals surface area contributed by atoms with Gasteiger partial charge in [0.25, 0.3) is 0 Å². The van der Waals surface area contributed by atoms with Crippen LogP contribution in [-0.2, 0) is 0 Å². The number of amidine groups is 1. The summed E-state index contributed by atoms with van der Waals surface area (Å²) < 4.78 is 0. The molecule has 0 aromatic rings. The van der Waals surface area contributed by atoms with Crippen LogP contribution in [0.3, 0.4) is 0 Å². The van der Waals surface area contributed by atoms with E-state index < -0.39 is 0 Å². The first-order valence-corrected chi connectivity index (χ1v) is 3.92. The number of hydrogen-bond donors (Lipinski definition) is 3. The zero-order valence-electron chi connectivity index (χ0n) is 7.24. The lowest BCUT2D eigenvalue weighted by molar-refractivity contribution is 0.862. The van der Waals surface area contributed by atoms with Crippen LogP contribution in [0, 0.1) is 5.41 Å². The van der Waals surface area contributed by atoms with E-state index in [9.17, 15) is 0 Å². The average Bonchev–Trinajstić information content (AvgIpc) is 2.11. The molecule has 5 heteroatoms. The van der Waals surface area contributed by atoms with Crippen LogP contribution < -0.4 is 10.6 Å². The fourth-order valence-corrected chi connectivity index (χ4v) is 0.802. The first-order chi connectivity index (χ1) is 5.67. The third kappa shape index (κ3) is 2.92. The Morgan fingerprint density at radius 2 is 2.25 bits per heavy atom. The Labute approximate surface area is 77.2 Å². The Morgan fingerprint density at radius 3 is 2.58 bits per heavy atom. The van der Waals surface area contributed by atoms with Crippen molar-refractivity contribution in [3.8, 4) is 0 Å². The molecule has 0 unspecified atom stereocenters. The van der Waals surface area contributed by atoms with Gasteiger partial charge in [0, 0.05) is 13.6 Å². The van der Waals surface area contributed by atoms with Crippen molar-refractivity contribution in [2.24, 2.45) is 4.99 Å². The van der Waals surface area contributed by atoms with E-state index in [-0.39, 0.29) is 5.84 Å². The van der Waals surface area contributed by atoms with Crippen molar-refractivity contribution in [3.63, 3.8) is 0 Å². The molecule has 3 N–H and O–H groups in total. The van der Waals surface area contributed by atoms with Crippen molar-refractivity contribution < 1.29 is 0 Å². The number of aliphatic imine (C=N–C) groups is 1. The summed E-state index contributed by atoms with van der Waals surface area (Å²) in [6.45, 7) is 5.84. The van der Waals surface area contributed by atoms with Gasteiger partial charge in [0.2, 0.25) is 0 Å². The third-order valence-corrected chi connectivity index (χ3v) is 1.57. The second-order valence-electron chi connectivity index (χ2n) is 1.98. The summed E-state index contributed by atoms with van der Waals surface area (Å²) >= 11 is 5.76. The number of halogens is 1. The predicted molar refractivity (Wildman–Crippen MR) is 52.9 cm³/mol. The van der Waals surface area contributed by atoms with Crippen LogP contribution in [-0.4, -0.2) is 26.1 Å². The Balaban J connectivity index is 4.64. The molecule has 0 aromatic carbocycles. The number of hydrogen-bond acceptors (Lipinski definition) is 3. The van der Waals surface area contributed by atoms with Crippen LogP contribution >= 0.6 is 11.6 Å². The summed E-state index contributed by atoms with van der Waals surface area (Å²) in [7, 11) is 1.68. The zero-order chi connectivity index (χ0) is 9.56. The molecule has 0 spiro atoms. The number of nitrogens with one attached hydrogen (secondary N) is 3. The van der Waals surface area contributed by atoms with Crippen molar-refractivity contribution in [2.45, 2.75) is 6.92 Å². The molecule has 0 aliphatic heterocycles. The standard InChI is InChI=1S/C7H13ClN4/c1-4-12-5(6(8)10-2)7(9)11-3/h9-10,12H,3-4H2,1-2H3. The van der Waals surface area contributed by atoms with Gasteiger partial charge in [-0.3, -0.25) is 5.41 Å². The molecular formula is C7H13ClN4. The Kier molecular flexibility index (Phi) is 5.12. The maximum Gasteiger partial charge on any atom is 0.170 e. The largest absolute Gasteiger partial charge is 0.380 e. The third-order valence-electron chi connectivity index (χ3n) is 1.19. The number of likely N-dealkylation sites (N-methyl/N-ethyl adjacent to an activating group) is 1. The normalized spacial score (nSPS) is 11.6. The van der Waals surface area contributed by atoms with E-state index in [1.54, 1.807) is 7.05 Å². The average molecular weight is 189 g/mol. The highest BCUT2D eigenvalue weighted by atomic mass is 35.5. The lowest BCUT2D eigenvalue weighted by Crippen LogP contribution is -2.23. The second kappa shape index (κ2) is 5.60. The SMILES string of the molecule is C=NC(=N)C(NCC)=C(Cl)NC. The molecular weight excluding hydrogens is 176 g/mol. The van der Waals surface area contributed by atoms with Crippen LogP contribution in [0.5, 0.6) is 0 Å². The second-order valence-corrected chi connectivity index (χ2v) is 2.35. The van der Waals surface area contributed by atoms with Crippen LogP contribution in [0.1, 0.15) is 6.92 Å². The molecule has 68 valence electrons. The lowest BCUT2D eigenvalue weighted by atomic mass is 10.4. The zero-order valence-corrected chi connectivity index (χ0v) is 8.00. The van der Waals surface area contributed by atoms with Crippen LogP contribution in [0.25, 0.3) is 0 Å². The van der Waals surface area contributed by atoms with E-state index >= 15 is 0 Å². The Hall–Kier alpha value is -1.03. The highest BCUT2D eigenvalue weighted by molar-refractivity contribution is 6.31. The van der Waals surface area contributed by atoms with Gasteiger partial charge in [0.05, 0.1) is 0 Å². The van der Waals surface area contributed by atoms with E-state index in [4.69, 9.17) is 17.0 Å². The fourth-order valence-electron chi connectivity index (χ4n) is 0.646. The molecule has 4 nitrogen and oxygen atoms in total. The molecule has 0 aliphatic carbocycles. The van der Waals surface area contributed by atoms with Gasteiger partial charge in [-0.1, -0.05) is 11.6 Å². The number of nitrogens with zero attached hydrogens (tertiary/aromatic N) is 1. The highest BCUT2D eigenvalue weighted by Gasteiger charge is 2.06. The van der Waals surface area contributed by atoms with E-state index in [0.717, 1.165) is 0 Å². The smallest absolute Gasteiger partial charge is 0.170 e. The van der Waals surface area contributed by atoms with Crippen molar-refractivity contribution in [2.75, 3.05) is 13.6 Å². The van der Waals surface area contributed by atoms with Gasteiger partial charge in [-0.05, 0) is 13.6 Å². The molecule has 0 aromatic heterocycles. The summed E-state index contributed by atoms with van der Waals surface area (Å²) in [6, 6.07) is 0. The van der Waals surface area contributed by atoms with Gasteiger partial charge in [0.1, 0.15) is 10.9 Å². The minimum Gasteiger partial charge on any atom is -0.380 e. The minimum absolute atomic E-state index is 0.0381. The fraction of sp³-hybridized carbons (Fsp3) is 0.429. The number of rotatable bonds is 4. The molecule has 0 aliphatic rings. The van der Waals surface area contributed by atoms with Crippen LogP contribution in [0.2, 0.25) is 0 Å². The van der Waals surface area contributed by atoms with Crippen molar-refractivity contribution in [3.05, 3.63) is 10.9 Å². The van der Waals surface area contributed by atoms with Gasteiger partial charge < -0.3 is 10.6 Å². The lowest BCUT2D eigenvalue weighted by Gasteiger charge is -2.09. The van der Waals surface area contributed by atoms with Gasteiger partial charge in [-0.2, -0.15) is 0 Å². The summed E-state index contributed by atoms with van der Waals surface area (Å²) in [6.07, 6.45) is 0. The maximum atomic E-state index is 7.36. The molecule has 0 rings (SSSR count). The first kappa shape index (κ1) is 11.0. The highest BCUT2D eigenvalue weighted by Crippen LogP contribution is 2.04.